The van der Waals surface area contributed by atoms with Crippen LogP contribution >= 0.6 is 0 Å². The fourth-order valence-electron chi connectivity index (χ4n) is 6.72. The molecule has 1 aliphatic heterocycles. The molecule has 3 aromatic carbocycles. The Balaban J connectivity index is 1.55. The van der Waals surface area contributed by atoms with Crippen LogP contribution in [0.5, 0.6) is 0 Å². The smallest absolute Gasteiger partial charge is 0.156 e. The lowest BCUT2D eigenvalue weighted by atomic mass is 9.59. The van der Waals surface area contributed by atoms with Gasteiger partial charge in [0.25, 0.3) is 5.70 Å². The third-order valence-electron chi connectivity index (χ3n) is 8.32. The number of allylic oxidation sites excluding steroid dienone is 2. The Morgan fingerprint density at radius 2 is 1.71 bits per heavy atom. The zero-order valence-electron chi connectivity index (χ0n) is 20.6. The summed E-state index contributed by atoms with van der Waals surface area (Å²) >= 11 is 0. The van der Waals surface area contributed by atoms with Gasteiger partial charge in [-0.15, -0.1) is 0 Å². The van der Waals surface area contributed by atoms with Gasteiger partial charge >= 0.3 is 0 Å². The SMILES string of the molecule is CC(C)C/C=[N+]1\C2=C=CC=C2C(C2c3ccccc3-c3cc4ccc3C2C4C)=C1c1ccccc1. The maximum absolute atomic E-state index is 3.60. The van der Waals surface area contributed by atoms with E-state index in [1.54, 1.807) is 0 Å². The molecule has 0 N–H and O–H groups in total. The van der Waals surface area contributed by atoms with Crippen LogP contribution in [0.2, 0.25) is 0 Å². The van der Waals surface area contributed by atoms with Gasteiger partial charge in [-0.3, -0.25) is 0 Å². The Bertz CT molecular complexity index is 1540. The van der Waals surface area contributed by atoms with Gasteiger partial charge in [-0.2, -0.15) is 4.58 Å². The largest absolute Gasteiger partial charge is 0.262 e. The van der Waals surface area contributed by atoms with Gasteiger partial charge in [-0.25, -0.2) is 0 Å². The van der Waals surface area contributed by atoms with Gasteiger partial charge in [0.2, 0.25) is 5.70 Å². The molecule has 4 aliphatic carbocycles. The minimum Gasteiger partial charge on any atom is -0.156 e. The number of hydrogen-bond acceptors (Lipinski definition) is 0. The lowest BCUT2D eigenvalue weighted by Gasteiger charge is -2.43. The number of fused-ring (bicyclic) bond motifs is 3. The third kappa shape index (κ3) is 2.92. The van der Waals surface area contributed by atoms with Crippen LogP contribution in [0, 0.1) is 5.92 Å². The molecule has 0 saturated heterocycles. The average molecular weight is 453 g/mol. The van der Waals surface area contributed by atoms with E-state index in [4.69, 9.17) is 0 Å². The van der Waals surface area contributed by atoms with Crippen LogP contribution < -0.4 is 0 Å². The highest BCUT2D eigenvalue weighted by Gasteiger charge is 2.50. The number of rotatable bonds is 4. The second-order valence-corrected chi connectivity index (χ2v) is 10.8. The van der Waals surface area contributed by atoms with Gasteiger partial charge in [0.05, 0.1) is 5.57 Å². The zero-order valence-corrected chi connectivity index (χ0v) is 20.6. The predicted octanol–water partition coefficient (Wildman–Crippen LogP) is 8.18. The lowest BCUT2D eigenvalue weighted by Crippen LogP contribution is -2.28. The van der Waals surface area contributed by atoms with Gasteiger partial charge in [0.15, 0.2) is 6.21 Å². The summed E-state index contributed by atoms with van der Waals surface area (Å²) in [6.45, 7) is 7.01. The summed E-state index contributed by atoms with van der Waals surface area (Å²) in [6.07, 6.45) is 7.84. The molecule has 0 radical (unpaired) electrons. The second-order valence-electron chi connectivity index (χ2n) is 10.8. The molecule has 0 aromatic heterocycles. The summed E-state index contributed by atoms with van der Waals surface area (Å²) in [5, 5.41) is 0. The number of benzene rings is 3. The van der Waals surface area contributed by atoms with Crippen molar-refractivity contribution in [2.75, 3.05) is 0 Å². The van der Waals surface area contributed by atoms with Crippen molar-refractivity contribution < 1.29 is 4.58 Å². The maximum Gasteiger partial charge on any atom is 0.262 e. The Labute approximate surface area is 208 Å². The summed E-state index contributed by atoms with van der Waals surface area (Å²) in [7, 11) is 0. The molecular weight excluding hydrogens is 422 g/mol. The monoisotopic (exact) mass is 452 g/mol. The topological polar surface area (TPSA) is 3.01 Å². The molecule has 35 heavy (non-hydrogen) atoms. The first-order valence-corrected chi connectivity index (χ1v) is 13.0. The van der Waals surface area contributed by atoms with Gasteiger partial charge in [0.1, 0.15) is 0 Å². The molecule has 3 unspecified atom stereocenters. The number of hydrogen-bond donors (Lipinski definition) is 0. The van der Waals surface area contributed by atoms with E-state index in [0.29, 0.717) is 23.7 Å². The second kappa shape index (κ2) is 7.67. The lowest BCUT2D eigenvalue weighted by molar-refractivity contribution is -0.359. The van der Waals surface area contributed by atoms with E-state index >= 15 is 0 Å². The fourth-order valence-corrected chi connectivity index (χ4v) is 6.72. The van der Waals surface area contributed by atoms with Crippen molar-refractivity contribution in [3.8, 4) is 11.1 Å². The molecule has 1 heterocycles. The fraction of sp³-hybridized carbons (Fsp3) is 0.235. The van der Waals surface area contributed by atoms with Gasteiger partial charge in [0, 0.05) is 29.4 Å². The van der Waals surface area contributed by atoms with Gasteiger partial charge in [-0.05, 0) is 69.7 Å². The van der Waals surface area contributed by atoms with Crippen LogP contribution in [0.15, 0.2) is 108 Å². The van der Waals surface area contributed by atoms with Crippen molar-refractivity contribution in [1.82, 2.24) is 0 Å². The van der Waals surface area contributed by atoms with Crippen molar-refractivity contribution in [2.24, 2.45) is 5.92 Å². The molecule has 4 bridgehead atoms. The maximum atomic E-state index is 3.60. The van der Waals surface area contributed by atoms with Crippen LogP contribution in [0.3, 0.4) is 0 Å². The van der Waals surface area contributed by atoms with E-state index in [9.17, 15) is 0 Å². The van der Waals surface area contributed by atoms with Crippen molar-refractivity contribution >= 4 is 11.9 Å². The van der Waals surface area contributed by atoms with Crippen LogP contribution in [0.25, 0.3) is 16.8 Å². The molecule has 3 atom stereocenters. The summed E-state index contributed by atoms with van der Waals surface area (Å²) in [5.41, 5.74) is 17.5. The standard InChI is InChI=1S/C34H30N/c1-21(2)18-19-35-30-15-9-14-28(30)33(34(35)23-10-5-4-6-11-23)32-26-13-8-7-12-25(26)29-20-24-16-17-27(29)31(32)22(24)3/h4-14,16-17,19-22,31-32H,18H2,1-3H3/q+1/b35-19+. The Morgan fingerprint density at radius 1 is 0.914 bits per heavy atom. The molecular formula is C34H30N+. The first kappa shape index (κ1) is 20.7. The molecule has 0 spiro atoms. The normalized spacial score (nSPS) is 24.2. The molecule has 0 saturated carbocycles. The van der Waals surface area contributed by atoms with Crippen LogP contribution in [-0.2, 0) is 0 Å². The van der Waals surface area contributed by atoms with Gasteiger partial charge < -0.3 is 0 Å². The first-order chi connectivity index (χ1) is 17.1. The summed E-state index contributed by atoms with van der Waals surface area (Å²) in [5.74, 6) is 1.85. The van der Waals surface area contributed by atoms with Crippen molar-refractivity contribution in [1.29, 1.82) is 0 Å². The summed E-state index contributed by atoms with van der Waals surface area (Å²) < 4.78 is 2.45. The average Bonchev–Trinajstić information content (AvgIpc) is 3.47. The van der Waals surface area contributed by atoms with Crippen molar-refractivity contribution in [3.63, 3.8) is 0 Å². The molecule has 0 fully saturated rings. The molecule has 1 heteroatoms. The molecule has 170 valence electrons. The molecule has 0 amide bonds. The molecule has 1 nitrogen and oxygen atoms in total. The Hall–Kier alpha value is -3.67. The highest BCUT2D eigenvalue weighted by molar-refractivity contribution is 5.85. The summed E-state index contributed by atoms with van der Waals surface area (Å²) in [6, 6.07) is 27.3. The predicted molar refractivity (Wildman–Crippen MR) is 145 cm³/mol. The van der Waals surface area contributed by atoms with Crippen LogP contribution in [-0.4, -0.2) is 10.8 Å². The van der Waals surface area contributed by atoms with E-state index < -0.39 is 0 Å². The zero-order chi connectivity index (χ0) is 23.7. The highest BCUT2D eigenvalue weighted by atomic mass is 15.1. The van der Waals surface area contributed by atoms with Crippen molar-refractivity contribution in [3.05, 3.63) is 130 Å². The van der Waals surface area contributed by atoms with Crippen molar-refractivity contribution in [2.45, 2.75) is 44.9 Å². The van der Waals surface area contributed by atoms with Crippen LogP contribution in [0.4, 0.5) is 0 Å². The Kier molecular flexibility index (Phi) is 4.53. The third-order valence-corrected chi connectivity index (χ3v) is 8.32. The highest BCUT2D eigenvalue weighted by Crippen LogP contribution is 2.62. The van der Waals surface area contributed by atoms with E-state index in [2.05, 4.69) is 122 Å². The number of nitrogens with zero attached hydrogens (tertiary/aromatic N) is 1. The summed E-state index contributed by atoms with van der Waals surface area (Å²) in [4.78, 5) is 0. The first-order valence-electron chi connectivity index (χ1n) is 13.0. The van der Waals surface area contributed by atoms with Crippen LogP contribution in [0.1, 0.15) is 67.2 Å². The van der Waals surface area contributed by atoms with Gasteiger partial charge in [-0.1, -0.05) is 81.4 Å². The Morgan fingerprint density at radius 3 is 2.54 bits per heavy atom. The van der Waals surface area contributed by atoms with E-state index in [-0.39, 0.29) is 0 Å². The minimum absolute atomic E-state index is 0.302. The van der Waals surface area contributed by atoms with E-state index in [1.807, 2.05) is 0 Å². The van der Waals surface area contributed by atoms with E-state index in [0.717, 1.165) is 6.42 Å². The molecule has 8 rings (SSSR count). The van der Waals surface area contributed by atoms with E-state index in [1.165, 1.54) is 55.9 Å². The quantitative estimate of drug-likeness (QED) is 0.277. The molecule has 3 aromatic rings. The molecule has 5 aliphatic rings. The minimum atomic E-state index is 0.302.